The summed E-state index contributed by atoms with van der Waals surface area (Å²) in [6.45, 7) is 7.19. The second-order valence-corrected chi connectivity index (χ2v) is 12.5. The Morgan fingerprint density at radius 1 is 0.977 bits per heavy atom. The average molecular weight is 600 g/mol. The number of amides is 5. The van der Waals surface area contributed by atoms with Crippen LogP contribution in [-0.4, -0.2) is 77.7 Å². The van der Waals surface area contributed by atoms with Gasteiger partial charge in [0.05, 0.1) is 6.04 Å². The first-order chi connectivity index (χ1) is 20.3. The maximum atomic E-state index is 13.9. The van der Waals surface area contributed by atoms with Crippen molar-refractivity contribution < 1.29 is 33.5 Å². The molecule has 1 aliphatic heterocycles. The molecule has 1 heterocycles. The molecule has 2 aliphatic rings. The number of likely N-dealkylation sites (N-methyl/N-ethyl adjacent to an activating group) is 1. The molecule has 0 radical (unpaired) electrons. The molecular weight excluding hydrogens is 554 g/mol. The number of likely N-dealkylation sites (tertiary alicyclic amines) is 1. The van der Waals surface area contributed by atoms with E-state index in [-0.39, 0.29) is 6.61 Å². The van der Waals surface area contributed by atoms with Crippen LogP contribution in [0.15, 0.2) is 30.3 Å². The van der Waals surface area contributed by atoms with E-state index in [4.69, 9.17) is 4.74 Å². The number of carbonyl (C=O) groups is 6. The number of hydrogen-bond donors (Lipinski definition) is 4. The van der Waals surface area contributed by atoms with E-state index < -0.39 is 64.6 Å². The van der Waals surface area contributed by atoms with Gasteiger partial charge in [-0.15, -0.1) is 0 Å². The number of Topliss-reactive ketones (excluding diaryl/α,β-unsaturated/α-hetero) is 1. The fraction of sp³-hybridized carbons (Fsp3) is 0.613. The molecule has 2 fully saturated rings. The third-order valence-corrected chi connectivity index (χ3v) is 8.09. The van der Waals surface area contributed by atoms with Crippen molar-refractivity contribution in [3.63, 3.8) is 0 Å². The summed E-state index contributed by atoms with van der Waals surface area (Å²) in [6.07, 6.45) is 4.19. The van der Waals surface area contributed by atoms with E-state index in [1.54, 1.807) is 20.8 Å². The highest BCUT2D eigenvalue weighted by atomic mass is 16.5. The molecule has 43 heavy (non-hydrogen) atoms. The first-order valence-electron chi connectivity index (χ1n) is 15.0. The van der Waals surface area contributed by atoms with Crippen molar-refractivity contribution in [2.24, 2.45) is 5.41 Å². The summed E-state index contributed by atoms with van der Waals surface area (Å²) < 4.78 is 5.63. The molecule has 12 heteroatoms. The Hall–Kier alpha value is -3.96. The molecule has 12 nitrogen and oxygen atoms in total. The predicted octanol–water partition coefficient (Wildman–Crippen LogP) is 1.96. The van der Waals surface area contributed by atoms with Gasteiger partial charge in [0.25, 0.3) is 5.91 Å². The molecule has 5 amide bonds. The third-order valence-electron chi connectivity index (χ3n) is 8.09. The van der Waals surface area contributed by atoms with Gasteiger partial charge in [-0.05, 0) is 43.6 Å². The third kappa shape index (κ3) is 8.55. The molecule has 0 aromatic heterocycles. The minimum atomic E-state index is -1.22. The van der Waals surface area contributed by atoms with Gasteiger partial charge in [0.1, 0.15) is 24.2 Å². The van der Waals surface area contributed by atoms with Crippen LogP contribution in [0.1, 0.15) is 78.2 Å². The van der Waals surface area contributed by atoms with E-state index in [0.29, 0.717) is 32.2 Å². The van der Waals surface area contributed by atoms with Gasteiger partial charge >= 0.3 is 12.0 Å². The van der Waals surface area contributed by atoms with Crippen LogP contribution in [0.2, 0.25) is 0 Å². The van der Waals surface area contributed by atoms with Crippen molar-refractivity contribution >= 4 is 35.5 Å². The first-order valence-corrected chi connectivity index (χ1v) is 15.0. The summed E-state index contributed by atoms with van der Waals surface area (Å²) in [6, 6.07) is 5.67. The summed E-state index contributed by atoms with van der Waals surface area (Å²) >= 11 is 0. The predicted molar refractivity (Wildman–Crippen MR) is 158 cm³/mol. The van der Waals surface area contributed by atoms with Crippen LogP contribution in [0.4, 0.5) is 4.79 Å². The van der Waals surface area contributed by atoms with Crippen LogP contribution < -0.4 is 21.3 Å². The van der Waals surface area contributed by atoms with Crippen molar-refractivity contribution in [2.75, 3.05) is 13.6 Å². The Bertz CT molecular complexity index is 1190. The Balaban J connectivity index is 1.71. The lowest BCUT2D eigenvalue weighted by atomic mass is 9.81. The van der Waals surface area contributed by atoms with E-state index in [1.807, 2.05) is 30.3 Å². The zero-order valence-electron chi connectivity index (χ0n) is 25.8. The summed E-state index contributed by atoms with van der Waals surface area (Å²) in [5, 5.41) is 10.4. The lowest BCUT2D eigenvalue weighted by Crippen LogP contribution is -2.63. The minimum absolute atomic E-state index is 0.0829. The number of rotatable bonds is 10. The fourth-order valence-electron chi connectivity index (χ4n) is 5.59. The second-order valence-electron chi connectivity index (χ2n) is 12.5. The lowest BCUT2D eigenvalue weighted by Gasteiger charge is -2.38. The molecule has 236 valence electrons. The van der Waals surface area contributed by atoms with Gasteiger partial charge in [0.15, 0.2) is 0 Å². The number of esters is 1. The Labute approximate surface area is 253 Å². The molecule has 1 saturated carbocycles. The zero-order chi connectivity index (χ0) is 31.8. The van der Waals surface area contributed by atoms with Crippen molar-refractivity contribution in [3.8, 4) is 0 Å². The number of nitrogens with zero attached hydrogens (tertiary/aromatic N) is 1. The largest absolute Gasteiger partial charge is 0.459 e. The van der Waals surface area contributed by atoms with Crippen LogP contribution in [0.5, 0.6) is 0 Å². The Kier molecular flexibility index (Phi) is 11.3. The molecule has 3 rings (SSSR count). The quantitative estimate of drug-likeness (QED) is 0.236. The van der Waals surface area contributed by atoms with E-state index in [1.165, 1.54) is 18.9 Å². The number of ether oxygens (including phenoxy) is 1. The second kappa shape index (κ2) is 14.5. The van der Waals surface area contributed by atoms with Gasteiger partial charge in [-0.3, -0.25) is 19.2 Å². The highest BCUT2D eigenvalue weighted by Crippen LogP contribution is 2.31. The molecule has 3 unspecified atom stereocenters. The van der Waals surface area contributed by atoms with Gasteiger partial charge in [0.2, 0.25) is 17.6 Å². The number of urea groups is 1. The van der Waals surface area contributed by atoms with Gasteiger partial charge < -0.3 is 30.9 Å². The molecule has 0 bridgehead atoms. The summed E-state index contributed by atoms with van der Waals surface area (Å²) in [5.74, 6) is -3.13. The standard InChI is InChI=1S/C31H45N5O7/c1-20(23(37)26(39)32-5)33-25(38)22-15-12-18-36(22)27(40)24(30(2,3)4)34-29(42)35-31(16-10-7-11-17-31)28(41)43-19-21-13-8-6-9-14-21/h6,8-9,13-14,20,22,24H,7,10-12,15-19H2,1-5H3,(H,32,39)(H,33,38)(H2,34,35,42). The molecule has 1 aromatic rings. The summed E-state index contributed by atoms with van der Waals surface area (Å²) in [5.41, 5.74) is -1.12. The zero-order valence-corrected chi connectivity index (χ0v) is 25.8. The fourth-order valence-corrected chi connectivity index (χ4v) is 5.59. The molecule has 1 aliphatic carbocycles. The van der Waals surface area contributed by atoms with Crippen molar-refractivity contribution in [1.82, 2.24) is 26.2 Å². The minimum Gasteiger partial charge on any atom is -0.459 e. The number of ketones is 1. The smallest absolute Gasteiger partial charge is 0.332 e. The van der Waals surface area contributed by atoms with E-state index in [2.05, 4.69) is 21.3 Å². The monoisotopic (exact) mass is 599 g/mol. The maximum absolute atomic E-state index is 13.9. The van der Waals surface area contributed by atoms with Crippen molar-refractivity contribution in [2.45, 2.75) is 103 Å². The highest BCUT2D eigenvalue weighted by Gasteiger charge is 2.45. The molecule has 0 spiro atoms. The molecule has 1 saturated heterocycles. The molecule has 4 N–H and O–H groups in total. The number of benzene rings is 1. The van der Waals surface area contributed by atoms with Crippen LogP contribution in [0.3, 0.4) is 0 Å². The van der Waals surface area contributed by atoms with Gasteiger partial charge in [-0.25, -0.2) is 9.59 Å². The molecule has 3 atom stereocenters. The van der Waals surface area contributed by atoms with Crippen LogP contribution >= 0.6 is 0 Å². The maximum Gasteiger partial charge on any atom is 0.332 e. The number of hydrogen-bond acceptors (Lipinski definition) is 7. The topological polar surface area (TPSA) is 163 Å². The van der Waals surface area contributed by atoms with Crippen LogP contribution in [-0.2, 0) is 35.3 Å². The van der Waals surface area contributed by atoms with Crippen molar-refractivity contribution in [1.29, 1.82) is 0 Å². The Morgan fingerprint density at radius 3 is 2.23 bits per heavy atom. The first kappa shape index (κ1) is 33.5. The van der Waals surface area contributed by atoms with E-state index in [9.17, 15) is 28.8 Å². The average Bonchev–Trinajstić information content (AvgIpc) is 3.48. The van der Waals surface area contributed by atoms with Crippen LogP contribution in [0.25, 0.3) is 0 Å². The Morgan fingerprint density at radius 2 is 1.63 bits per heavy atom. The van der Waals surface area contributed by atoms with E-state index in [0.717, 1.165) is 24.8 Å². The summed E-state index contributed by atoms with van der Waals surface area (Å²) in [4.78, 5) is 79.0. The summed E-state index contributed by atoms with van der Waals surface area (Å²) in [7, 11) is 1.33. The normalized spacial score (nSPS) is 19.4. The van der Waals surface area contributed by atoms with Crippen molar-refractivity contribution in [3.05, 3.63) is 35.9 Å². The molecule has 1 aromatic carbocycles. The number of carbonyl (C=O) groups excluding carboxylic acids is 6. The lowest BCUT2D eigenvalue weighted by molar-refractivity contribution is -0.154. The highest BCUT2D eigenvalue weighted by molar-refractivity contribution is 6.38. The van der Waals surface area contributed by atoms with E-state index >= 15 is 0 Å². The van der Waals surface area contributed by atoms with Gasteiger partial charge in [-0.2, -0.15) is 0 Å². The van der Waals surface area contributed by atoms with Gasteiger partial charge in [0, 0.05) is 13.6 Å². The molecular formula is C31H45N5O7. The van der Waals surface area contributed by atoms with Gasteiger partial charge in [-0.1, -0.05) is 70.4 Å². The van der Waals surface area contributed by atoms with Crippen LogP contribution in [0, 0.1) is 5.41 Å². The number of nitrogens with one attached hydrogen (secondary N) is 4. The SMILES string of the molecule is CNC(=O)C(=O)C(C)NC(=O)C1CCCN1C(=O)C(NC(=O)NC1(C(=O)OCc2ccccc2)CCCCC1)C(C)(C)C.